The van der Waals surface area contributed by atoms with Gasteiger partial charge in [0.15, 0.2) is 10.8 Å². The summed E-state index contributed by atoms with van der Waals surface area (Å²) in [5.41, 5.74) is 13.2. The van der Waals surface area contributed by atoms with Crippen molar-refractivity contribution < 1.29 is 9.13 Å². The highest BCUT2D eigenvalue weighted by molar-refractivity contribution is 9.10. The Hall–Kier alpha value is -2.69. The molecule has 1 aliphatic heterocycles. The van der Waals surface area contributed by atoms with Gasteiger partial charge in [-0.2, -0.15) is 0 Å². The van der Waals surface area contributed by atoms with Crippen LogP contribution in [0, 0.1) is 5.82 Å². The molecule has 4 rings (SSSR count). The summed E-state index contributed by atoms with van der Waals surface area (Å²) in [6, 6.07) is 8.11. The Balaban J connectivity index is 1.57. The van der Waals surface area contributed by atoms with Crippen molar-refractivity contribution in [2.45, 2.75) is 5.66 Å². The lowest BCUT2D eigenvalue weighted by Crippen LogP contribution is -2.40. The highest BCUT2D eigenvalue weighted by atomic mass is 79.9. The van der Waals surface area contributed by atoms with E-state index in [-0.39, 0.29) is 5.56 Å². The van der Waals surface area contributed by atoms with Gasteiger partial charge in [-0.05, 0) is 18.2 Å². The maximum absolute atomic E-state index is 14.6. The van der Waals surface area contributed by atoms with Crippen LogP contribution in [0.25, 0.3) is 0 Å². The number of halogens is 2. The van der Waals surface area contributed by atoms with Crippen molar-refractivity contribution in [3.63, 3.8) is 0 Å². The lowest BCUT2D eigenvalue weighted by Gasteiger charge is -2.32. The summed E-state index contributed by atoms with van der Waals surface area (Å²) < 4.78 is 21.0. The normalized spacial score (nSPS) is 17.5. The Morgan fingerprint density at radius 1 is 1.28 bits per heavy atom. The highest BCUT2D eigenvalue weighted by Crippen LogP contribution is 2.41. The molecule has 150 valence electrons. The first kappa shape index (κ1) is 19.6. The van der Waals surface area contributed by atoms with Gasteiger partial charge in [-0.1, -0.05) is 22.0 Å². The second-order valence-electron chi connectivity index (χ2n) is 6.34. The Morgan fingerprint density at radius 3 is 2.90 bits per heavy atom. The van der Waals surface area contributed by atoms with Crippen LogP contribution in [0.3, 0.4) is 0 Å². The van der Waals surface area contributed by atoms with Gasteiger partial charge in [0.05, 0.1) is 24.3 Å². The van der Waals surface area contributed by atoms with Crippen LogP contribution in [0.1, 0.15) is 11.1 Å². The van der Waals surface area contributed by atoms with Crippen LogP contribution in [0.5, 0.6) is 5.75 Å². The number of anilines is 3. The number of nitrogens with one attached hydrogen (secondary N) is 2. The van der Waals surface area contributed by atoms with Crippen LogP contribution in [0.2, 0.25) is 0 Å². The summed E-state index contributed by atoms with van der Waals surface area (Å²) in [4.78, 5) is 8.46. The van der Waals surface area contributed by atoms with Crippen molar-refractivity contribution in [1.29, 1.82) is 0 Å². The van der Waals surface area contributed by atoms with E-state index in [4.69, 9.17) is 16.2 Å². The molecule has 1 aliphatic rings. The maximum atomic E-state index is 14.6. The molecule has 0 bridgehead atoms. The SMILES string of the molecule is Nc1cc2c(cc1OCCNc1nccs1)NC=NC2(N)c1ccc(Br)cc1F. The number of nitrogen functional groups attached to an aromatic ring is 1. The van der Waals surface area contributed by atoms with Crippen molar-refractivity contribution in [3.8, 4) is 5.75 Å². The zero-order valence-corrected chi connectivity index (χ0v) is 17.6. The van der Waals surface area contributed by atoms with E-state index in [2.05, 4.69) is 36.5 Å². The maximum Gasteiger partial charge on any atom is 0.182 e. The summed E-state index contributed by atoms with van der Waals surface area (Å²) in [7, 11) is 0. The van der Waals surface area contributed by atoms with Crippen LogP contribution in [0.15, 0.2) is 51.4 Å². The summed E-state index contributed by atoms with van der Waals surface area (Å²) in [6.45, 7) is 0.968. The summed E-state index contributed by atoms with van der Waals surface area (Å²) in [6.07, 6.45) is 3.18. The largest absolute Gasteiger partial charge is 0.490 e. The first-order valence-corrected chi connectivity index (χ1v) is 10.4. The zero-order valence-electron chi connectivity index (χ0n) is 15.2. The van der Waals surface area contributed by atoms with Crippen LogP contribution in [-0.4, -0.2) is 24.5 Å². The summed E-state index contributed by atoms with van der Waals surface area (Å²) in [5, 5.41) is 8.92. The number of hydrogen-bond donors (Lipinski definition) is 4. The Bertz CT molecular complexity index is 1060. The summed E-state index contributed by atoms with van der Waals surface area (Å²) >= 11 is 4.77. The van der Waals surface area contributed by atoms with E-state index in [1.165, 1.54) is 23.7 Å². The van der Waals surface area contributed by atoms with Gasteiger partial charge < -0.3 is 21.1 Å². The van der Waals surface area contributed by atoms with Gasteiger partial charge in [0.2, 0.25) is 0 Å². The number of hydrogen-bond acceptors (Lipinski definition) is 8. The highest BCUT2D eigenvalue weighted by Gasteiger charge is 2.36. The molecule has 0 saturated carbocycles. The van der Waals surface area contributed by atoms with E-state index in [9.17, 15) is 4.39 Å². The monoisotopic (exact) mass is 476 g/mol. The summed E-state index contributed by atoms with van der Waals surface area (Å²) in [5.74, 6) is 0.0464. The second-order valence-corrected chi connectivity index (χ2v) is 8.15. The van der Waals surface area contributed by atoms with Gasteiger partial charge in [0, 0.05) is 33.2 Å². The molecule has 0 spiro atoms. The lowest BCUT2D eigenvalue weighted by atomic mass is 9.89. The first-order valence-electron chi connectivity index (χ1n) is 8.72. The number of fused-ring (bicyclic) bond motifs is 1. The van der Waals surface area contributed by atoms with Gasteiger partial charge in [-0.3, -0.25) is 5.73 Å². The molecule has 7 nitrogen and oxygen atoms in total. The molecule has 0 amide bonds. The minimum absolute atomic E-state index is 0.250. The Labute approximate surface area is 179 Å². The predicted octanol–water partition coefficient (Wildman–Crippen LogP) is 3.73. The van der Waals surface area contributed by atoms with Gasteiger partial charge in [-0.25, -0.2) is 14.4 Å². The molecule has 1 aromatic heterocycles. The third-order valence-electron chi connectivity index (χ3n) is 4.46. The van der Waals surface area contributed by atoms with Crippen molar-refractivity contribution in [2.75, 3.05) is 29.5 Å². The fraction of sp³-hybridized carbons (Fsp3) is 0.158. The van der Waals surface area contributed by atoms with Crippen molar-refractivity contribution >= 4 is 50.1 Å². The van der Waals surface area contributed by atoms with Crippen LogP contribution in [0.4, 0.5) is 20.9 Å². The van der Waals surface area contributed by atoms with E-state index in [1.54, 1.807) is 30.5 Å². The van der Waals surface area contributed by atoms with Gasteiger partial charge >= 0.3 is 0 Å². The number of benzene rings is 2. The molecular weight excluding hydrogens is 459 g/mol. The fourth-order valence-corrected chi connectivity index (χ4v) is 3.96. The number of nitrogens with zero attached hydrogens (tertiary/aromatic N) is 2. The molecule has 10 heteroatoms. The third kappa shape index (κ3) is 3.91. The molecule has 0 fully saturated rings. The van der Waals surface area contributed by atoms with Gasteiger partial charge in [-0.15, -0.1) is 11.3 Å². The quantitative estimate of drug-likeness (QED) is 0.318. The lowest BCUT2D eigenvalue weighted by molar-refractivity contribution is 0.334. The van der Waals surface area contributed by atoms with Crippen LogP contribution in [-0.2, 0) is 5.66 Å². The first-order chi connectivity index (χ1) is 14.0. The van der Waals surface area contributed by atoms with E-state index in [0.29, 0.717) is 40.3 Å². The molecule has 1 unspecified atom stereocenters. The average molecular weight is 477 g/mol. The molecule has 0 radical (unpaired) electrons. The van der Waals surface area contributed by atoms with E-state index in [0.717, 1.165) is 5.13 Å². The molecule has 2 heterocycles. The molecule has 6 N–H and O–H groups in total. The Morgan fingerprint density at radius 2 is 2.14 bits per heavy atom. The molecule has 3 aromatic rings. The van der Waals surface area contributed by atoms with E-state index in [1.807, 2.05) is 5.38 Å². The topological polar surface area (TPSA) is 111 Å². The predicted molar refractivity (Wildman–Crippen MR) is 118 cm³/mol. The Kier molecular flexibility index (Phi) is 5.39. The molecule has 0 aliphatic carbocycles. The molecule has 2 aromatic carbocycles. The molecule has 29 heavy (non-hydrogen) atoms. The van der Waals surface area contributed by atoms with Gasteiger partial charge in [0.1, 0.15) is 18.2 Å². The number of ether oxygens (including phenoxy) is 1. The zero-order chi connectivity index (χ0) is 20.4. The number of thiazole rings is 1. The second kappa shape index (κ2) is 7.97. The number of nitrogens with two attached hydrogens (primary N) is 2. The van der Waals surface area contributed by atoms with Crippen LogP contribution < -0.4 is 26.8 Å². The van der Waals surface area contributed by atoms with E-state index < -0.39 is 11.5 Å². The third-order valence-corrected chi connectivity index (χ3v) is 5.68. The average Bonchev–Trinajstić information content (AvgIpc) is 3.20. The molecular formula is C19H18BrFN6OS. The fourth-order valence-electron chi connectivity index (χ4n) is 3.07. The van der Waals surface area contributed by atoms with Crippen molar-refractivity contribution in [1.82, 2.24) is 4.98 Å². The van der Waals surface area contributed by atoms with Crippen molar-refractivity contribution in [2.24, 2.45) is 10.7 Å². The smallest absolute Gasteiger partial charge is 0.182 e. The molecule has 0 saturated heterocycles. The van der Waals surface area contributed by atoms with Crippen LogP contribution >= 0.6 is 27.3 Å². The van der Waals surface area contributed by atoms with Crippen molar-refractivity contribution in [3.05, 3.63) is 63.3 Å². The minimum Gasteiger partial charge on any atom is -0.490 e. The number of rotatable bonds is 6. The minimum atomic E-state index is -1.40. The number of aromatic nitrogens is 1. The standard InChI is InChI=1S/C19H18BrFN6OS/c20-11-1-2-12(14(21)7-11)19(23)13-8-15(22)17(9-16(13)26-10-27-19)28-5-3-24-18-25-4-6-29-18/h1-2,4,6-10H,3,5,22-23H2,(H,24,25)(H,26,27). The molecule has 1 atom stereocenters. The number of aliphatic imine (C=N–C) groups is 1. The van der Waals surface area contributed by atoms with E-state index >= 15 is 0 Å². The van der Waals surface area contributed by atoms with Gasteiger partial charge in [0.25, 0.3) is 0 Å².